The normalized spacial score (nSPS) is 10.5. The Hall–Kier alpha value is -2.68. The molecule has 0 N–H and O–H groups in total. The minimum absolute atomic E-state index is 0.227. The molecule has 0 unspecified atom stereocenters. The summed E-state index contributed by atoms with van der Waals surface area (Å²) in [5.74, 6) is -0.227. The lowest BCUT2D eigenvalue weighted by Crippen LogP contribution is -1.88. The Balaban J connectivity index is 2.14. The molecule has 0 radical (unpaired) electrons. The first kappa shape index (κ1) is 13.3. The van der Waals surface area contributed by atoms with Gasteiger partial charge in [0.1, 0.15) is 5.82 Å². The highest BCUT2D eigenvalue weighted by molar-refractivity contribution is 5.83. The first-order valence-electron chi connectivity index (χ1n) is 6.75. The Morgan fingerprint density at radius 3 is 2.10 bits per heavy atom. The lowest BCUT2D eigenvalue weighted by atomic mass is 10.00. The van der Waals surface area contributed by atoms with Gasteiger partial charge in [-0.25, -0.2) is 4.39 Å². The summed E-state index contributed by atoms with van der Waals surface area (Å²) in [6, 6.07) is 10.5. The van der Waals surface area contributed by atoms with Crippen LogP contribution in [0.25, 0.3) is 22.3 Å². The third-order valence-corrected chi connectivity index (χ3v) is 3.37. The lowest BCUT2D eigenvalue weighted by Gasteiger charge is -2.04. The minimum atomic E-state index is -0.227. The van der Waals surface area contributed by atoms with Gasteiger partial charge in [-0.1, -0.05) is 18.2 Å². The van der Waals surface area contributed by atoms with Crippen molar-refractivity contribution < 1.29 is 4.39 Å². The van der Waals surface area contributed by atoms with Gasteiger partial charge >= 0.3 is 0 Å². The third-order valence-electron chi connectivity index (χ3n) is 3.37. The monoisotopic (exact) mass is 278 g/mol. The average Bonchev–Trinajstić information content (AvgIpc) is 2.93. The van der Waals surface area contributed by atoms with Crippen LogP contribution in [0.15, 0.2) is 73.8 Å². The van der Waals surface area contributed by atoms with Crippen molar-refractivity contribution in [3.05, 3.63) is 79.7 Å². The zero-order valence-electron chi connectivity index (χ0n) is 11.5. The molecule has 2 aromatic heterocycles. The molecule has 0 saturated heterocycles. The van der Waals surface area contributed by atoms with Gasteiger partial charge in [0.05, 0.1) is 0 Å². The molecule has 104 valence electrons. The number of hydrogen-bond donors (Lipinski definition) is 0. The van der Waals surface area contributed by atoms with E-state index in [1.807, 2.05) is 18.2 Å². The molecular formula is C18H15FN2. The molecule has 0 aliphatic heterocycles. The summed E-state index contributed by atoms with van der Waals surface area (Å²) in [6.07, 6.45) is 9.54. The molecule has 0 saturated carbocycles. The summed E-state index contributed by atoms with van der Waals surface area (Å²) in [5, 5.41) is 0. The standard InChI is InChI=1S/C18H15FN2/c1-2-11-21-12-17(14-3-5-16(19)6-4-14)18(13-21)15-7-9-20-10-8-15/h2-10,12-13H,1,11H2. The Morgan fingerprint density at radius 1 is 0.952 bits per heavy atom. The van der Waals surface area contributed by atoms with Gasteiger partial charge in [-0.15, -0.1) is 6.58 Å². The Kier molecular flexibility index (Phi) is 3.65. The van der Waals surface area contributed by atoms with Gasteiger partial charge in [-0.3, -0.25) is 4.98 Å². The number of hydrogen-bond acceptors (Lipinski definition) is 1. The van der Waals surface area contributed by atoms with Crippen LogP contribution in [0.2, 0.25) is 0 Å². The first-order valence-corrected chi connectivity index (χ1v) is 6.75. The molecule has 0 amide bonds. The number of allylic oxidation sites excluding steroid dienone is 1. The molecule has 3 aromatic rings. The van der Waals surface area contributed by atoms with Crippen LogP contribution in [0.4, 0.5) is 4.39 Å². The fourth-order valence-electron chi connectivity index (χ4n) is 2.38. The highest BCUT2D eigenvalue weighted by Gasteiger charge is 2.10. The molecule has 0 aliphatic rings. The predicted molar refractivity (Wildman–Crippen MR) is 83.3 cm³/mol. The van der Waals surface area contributed by atoms with Gasteiger partial charge in [-0.05, 0) is 35.4 Å². The number of aromatic nitrogens is 2. The van der Waals surface area contributed by atoms with Gasteiger partial charge in [0.15, 0.2) is 0 Å². The quantitative estimate of drug-likeness (QED) is 0.640. The van der Waals surface area contributed by atoms with E-state index in [0.29, 0.717) is 0 Å². The highest BCUT2D eigenvalue weighted by Crippen LogP contribution is 2.33. The average molecular weight is 278 g/mol. The van der Waals surface area contributed by atoms with Crippen molar-refractivity contribution in [2.45, 2.75) is 6.54 Å². The van der Waals surface area contributed by atoms with Crippen molar-refractivity contribution in [3.63, 3.8) is 0 Å². The SMILES string of the molecule is C=CCn1cc(-c2ccncc2)c(-c2ccc(F)cc2)c1. The maximum Gasteiger partial charge on any atom is 0.123 e. The van der Waals surface area contributed by atoms with E-state index >= 15 is 0 Å². The summed E-state index contributed by atoms with van der Waals surface area (Å²) in [4.78, 5) is 4.06. The molecule has 2 heterocycles. The van der Waals surface area contributed by atoms with Crippen molar-refractivity contribution in [3.8, 4) is 22.3 Å². The molecule has 3 heteroatoms. The molecule has 0 aliphatic carbocycles. The van der Waals surface area contributed by atoms with Crippen molar-refractivity contribution in [2.24, 2.45) is 0 Å². The number of benzene rings is 1. The van der Waals surface area contributed by atoms with Gasteiger partial charge in [0.25, 0.3) is 0 Å². The number of halogens is 1. The van der Waals surface area contributed by atoms with Crippen LogP contribution in [-0.2, 0) is 6.54 Å². The number of nitrogens with zero attached hydrogens (tertiary/aromatic N) is 2. The minimum Gasteiger partial charge on any atom is -0.349 e. The predicted octanol–water partition coefficient (Wildman–Crippen LogP) is 4.54. The molecule has 21 heavy (non-hydrogen) atoms. The van der Waals surface area contributed by atoms with Crippen LogP contribution in [0.5, 0.6) is 0 Å². The molecule has 3 rings (SSSR count). The smallest absolute Gasteiger partial charge is 0.123 e. The highest BCUT2D eigenvalue weighted by atomic mass is 19.1. The summed E-state index contributed by atoms with van der Waals surface area (Å²) in [5.41, 5.74) is 4.26. The van der Waals surface area contributed by atoms with Crippen molar-refractivity contribution in [1.29, 1.82) is 0 Å². The second-order valence-corrected chi connectivity index (χ2v) is 4.81. The fourth-order valence-corrected chi connectivity index (χ4v) is 2.38. The molecule has 1 aromatic carbocycles. The number of rotatable bonds is 4. The van der Waals surface area contributed by atoms with Crippen LogP contribution in [0.3, 0.4) is 0 Å². The van der Waals surface area contributed by atoms with E-state index in [2.05, 4.69) is 28.5 Å². The van der Waals surface area contributed by atoms with Gasteiger partial charge in [0.2, 0.25) is 0 Å². The van der Waals surface area contributed by atoms with Crippen LogP contribution in [0, 0.1) is 5.82 Å². The van der Waals surface area contributed by atoms with Crippen LogP contribution in [0.1, 0.15) is 0 Å². The second-order valence-electron chi connectivity index (χ2n) is 4.81. The van der Waals surface area contributed by atoms with E-state index in [4.69, 9.17) is 0 Å². The Bertz CT molecular complexity index is 743. The molecule has 2 nitrogen and oxygen atoms in total. The Labute approximate surface area is 123 Å². The van der Waals surface area contributed by atoms with Crippen LogP contribution in [-0.4, -0.2) is 9.55 Å². The van der Waals surface area contributed by atoms with Crippen molar-refractivity contribution in [2.75, 3.05) is 0 Å². The summed E-state index contributed by atoms with van der Waals surface area (Å²) in [6.45, 7) is 4.51. The van der Waals surface area contributed by atoms with E-state index in [-0.39, 0.29) is 5.82 Å². The van der Waals surface area contributed by atoms with E-state index in [9.17, 15) is 4.39 Å². The summed E-state index contributed by atoms with van der Waals surface area (Å²) >= 11 is 0. The lowest BCUT2D eigenvalue weighted by molar-refractivity contribution is 0.628. The molecule has 0 spiro atoms. The zero-order chi connectivity index (χ0) is 14.7. The van der Waals surface area contributed by atoms with Crippen molar-refractivity contribution in [1.82, 2.24) is 9.55 Å². The maximum atomic E-state index is 13.1. The maximum absolute atomic E-state index is 13.1. The zero-order valence-corrected chi connectivity index (χ0v) is 11.5. The third kappa shape index (κ3) is 2.77. The Morgan fingerprint density at radius 2 is 1.52 bits per heavy atom. The van der Waals surface area contributed by atoms with E-state index < -0.39 is 0 Å². The fraction of sp³-hybridized carbons (Fsp3) is 0.0556. The van der Waals surface area contributed by atoms with E-state index in [0.717, 1.165) is 28.8 Å². The topological polar surface area (TPSA) is 17.8 Å². The van der Waals surface area contributed by atoms with E-state index in [1.54, 1.807) is 24.5 Å². The first-order chi connectivity index (χ1) is 10.3. The molecule has 0 atom stereocenters. The molecule has 0 bridgehead atoms. The van der Waals surface area contributed by atoms with Crippen molar-refractivity contribution >= 4 is 0 Å². The van der Waals surface area contributed by atoms with Crippen LogP contribution < -0.4 is 0 Å². The van der Waals surface area contributed by atoms with Gasteiger partial charge in [0, 0.05) is 42.5 Å². The summed E-state index contributed by atoms with van der Waals surface area (Å²) < 4.78 is 15.2. The van der Waals surface area contributed by atoms with Gasteiger partial charge in [-0.2, -0.15) is 0 Å². The molecule has 0 fully saturated rings. The number of pyridine rings is 1. The van der Waals surface area contributed by atoms with E-state index in [1.165, 1.54) is 12.1 Å². The van der Waals surface area contributed by atoms with Gasteiger partial charge < -0.3 is 4.57 Å². The molecular weight excluding hydrogens is 263 g/mol. The largest absolute Gasteiger partial charge is 0.349 e. The summed E-state index contributed by atoms with van der Waals surface area (Å²) in [7, 11) is 0. The van der Waals surface area contributed by atoms with Crippen LogP contribution >= 0.6 is 0 Å². The second kappa shape index (κ2) is 5.75.